The van der Waals surface area contributed by atoms with Crippen LogP contribution in [0.15, 0.2) is 47.1 Å². The molecule has 0 unspecified atom stereocenters. The highest BCUT2D eigenvalue weighted by Crippen LogP contribution is 2.28. The number of hydrogen-bond acceptors (Lipinski definition) is 3. The van der Waals surface area contributed by atoms with E-state index in [0.717, 1.165) is 59.8 Å². The predicted octanol–water partition coefficient (Wildman–Crippen LogP) is 0.634. The Balaban J connectivity index is 1.83. The summed E-state index contributed by atoms with van der Waals surface area (Å²) in [5.41, 5.74) is 3.66. The highest BCUT2D eigenvalue weighted by Gasteiger charge is 2.23. The zero-order valence-corrected chi connectivity index (χ0v) is 15.8. The maximum Gasteiger partial charge on any atom is 0.270 e. The molecule has 1 fully saturated rings. The Morgan fingerprint density at radius 2 is 2.08 bits per heavy atom. The van der Waals surface area contributed by atoms with E-state index in [1.54, 1.807) is 12.1 Å². The molecule has 0 bridgehead atoms. The van der Waals surface area contributed by atoms with Crippen LogP contribution in [0, 0.1) is 10.1 Å². The molecule has 7 nitrogen and oxygen atoms in total. The first-order valence-corrected chi connectivity index (χ1v) is 9.47. The molecule has 8 heteroatoms. The van der Waals surface area contributed by atoms with E-state index in [9.17, 15) is 10.1 Å². The minimum atomic E-state index is -0.360. The van der Waals surface area contributed by atoms with E-state index < -0.39 is 0 Å². The number of benzene rings is 1. The van der Waals surface area contributed by atoms with Gasteiger partial charge in [-0.2, -0.15) is 0 Å². The van der Waals surface area contributed by atoms with Gasteiger partial charge in [0.1, 0.15) is 44.1 Å². The lowest BCUT2D eigenvalue weighted by Gasteiger charge is -2.22. The Kier molecular flexibility index (Phi) is 4.71. The van der Waals surface area contributed by atoms with Crippen molar-refractivity contribution in [3.05, 3.63) is 62.9 Å². The lowest BCUT2D eigenvalue weighted by Crippen LogP contribution is -3.19. The molecule has 3 aromatic rings. The van der Waals surface area contributed by atoms with Crippen molar-refractivity contribution in [2.24, 2.45) is 0 Å². The lowest BCUT2D eigenvalue weighted by atomic mass is 10.1. The van der Waals surface area contributed by atoms with Crippen LogP contribution in [-0.4, -0.2) is 40.5 Å². The molecule has 2 aromatic heterocycles. The van der Waals surface area contributed by atoms with Gasteiger partial charge in [-0.3, -0.25) is 14.5 Å². The number of non-ortho nitro benzene ring substituents is 1. The van der Waals surface area contributed by atoms with Gasteiger partial charge in [0.05, 0.1) is 10.6 Å². The molecule has 3 heterocycles. The van der Waals surface area contributed by atoms with Crippen molar-refractivity contribution in [2.75, 3.05) is 26.2 Å². The van der Waals surface area contributed by atoms with E-state index in [-0.39, 0.29) is 10.6 Å². The number of aromatic nitrogens is 2. The number of rotatable bonds is 4. The molecule has 0 radical (unpaired) electrons. The summed E-state index contributed by atoms with van der Waals surface area (Å²) in [6.45, 7) is 5.32. The van der Waals surface area contributed by atoms with Crippen LogP contribution < -0.4 is 10.2 Å². The first-order chi connectivity index (χ1) is 12.6. The molecule has 1 aliphatic heterocycles. The number of quaternary nitrogens is 2. The van der Waals surface area contributed by atoms with Gasteiger partial charge >= 0.3 is 0 Å². The van der Waals surface area contributed by atoms with Crippen molar-refractivity contribution >= 4 is 27.3 Å². The van der Waals surface area contributed by atoms with Crippen molar-refractivity contribution in [3.63, 3.8) is 0 Å². The summed E-state index contributed by atoms with van der Waals surface area (Å²) in [6.07, 6.45) is 2.02. The summed E-state index contributed by atoms with van der Waals surface area (Å²) in [5.74, 6) is 0. The van der Waals surface area contributed by atoms with Crippen LogP contribution in [-0.2, 0) is 6.54 Å². The number of nitrogens with one attached hydrogen (secondary N) is 1. The number of imidazole rings is 1. The van der Waals surface area contributed by atoms with E-state index in [0.29, 0.717) is 0 Å². The van der Waals surface area contributed by atoms with Gasteiger partial charge in [0, 0.05) is 28.4 Å². The molecule has 0 atom stereocenters. The van der Waals surface area contributed by atoms with Crippen LogP contribution in [0.4, 0.5) is 5.69 Å². The number of nitro groups is 1. The van der Waals surface area contributed by atoms with Crippen molar-refractivity contribution in [1.82, 2.24) is 9.38 Å². The Labute approximate surface area is 158 Å². The Bertz CT molecular complexity index is 965. The number of pyridine rings is 1. The first kappa shape index (κ1) is 17.1. The number of halogens is 1. The smallest absolute Gasteiger partial charge is 0.270 e. The van der Waals surface area contributed by atoms with Crippen LogP contribution in [0.1, 0.15) is 5.69 Å². The Morgan fingerprint density at radius 1 is 1.27 bits per heavy atom. The number of nitrogens with zero attached hydrogens (tertiary/aromatic N) is 3. The van der Waals surface area contributed by atoms with Crippen molar-refractivity contribution in [3.8, 4) is 11.3 Å². The van der Waals surface area contributed by atoms with Crippen LogP contribution in [0.3, 0.4) is 0 Å². The molecule has 3 N–H and O–H groups in total. The third-order valence-electron chi connectivity index (χ3n) is 4.83. The standard InChI is InChI=1S/C18H18BrN5O2/c19-14-4-5-17-21-18(13-2-1-3-15(10-13)24(25)26)16(23(17)11-14)12-22-8-6-20-7-9-22/h1-5,10-11,20H,6-9,12H2/p+2. The van der Waals surface area contributed by atoms with Gasteiger partial charge in [-0.25, -0.2) is 4.98 Å². The van der Waals surface area contributed by atoms with E-state index in [4.69, 9.17) is 4.98 Å². The fourth-order valence-electron chi connectivity index (χ4n) is 3.53. The number of nitrogens with two attached hydrogens (primary N) is 1. The minimum absolute atomic E-state index is 0.0895. The summed E-state index contributed by atoms with van der Waals surface area (Å²) < 4.78 is 3.08. The first-order valence-electron chi connectivity index (χ1n) is 8.68. The van der Waals surface area contributed by atoms with Crippen molar-refractivity contribution in [1.29, 1.82) is 0 Å². The number of fused-ring (bicyclic) bond motifs is 1. The third kappa shape index (κ3) is 3.35. The number of piperazine rings is 1. The Hall–Kier alpha value is -2.29. The fraction of sp³-hybridized carbons (Fsp3) is 0.278. The van der Waals surface area contributed by atoms with Gasteiger partial charge < -0.3 is 10.2 Å². The summed E-state index contributed by atoms with van der Waals surface area (Å²) in [6, 6.07) is 10.7. The van der Waals surface area contributed by atoms with Crippen LogP contribution in [0.25, 0.3) is 16.9 Å². The maximum atomic E-state index is 11.2. The fourth-order valence-corrected chi connectivity index (χ4v) is 3.87. The number of nitro benzene ring substituents is 1. The zero-order chi connectivity index (χ0) is 18.1. The molecule has 1 aliphatic rings. The molecule has 1 aromatic carbocycles. The SMILES string of the molecule is O=[N+]([O-])c1cccc(-c2nc3ccc(Br)cn3c2C[NH+]2CC[NH2+]CC2)c1. The molecule has 0 aliphatic carbocycles. The van der Waals surface area contributed by atoms with Gasteiger partial charge in [0.2, 0.25) is 0 Å². The average molecular weight is 418 g/mol. The van der Waals surface area contributed by atoms with Crippen LogP contribution >= 0.6 is 15.9 Å². The summed E-state index contributed by atoms with van der Waals surface area (Å²) >= 11 is 3.54. The third-order valence-corrected chi connectivity index (χ3v) is 5.30. The second-order valence-corrected chi connectivity index (χ2v) is 7.50. The quantitative estimate of drug-likeness (QED) is 0.482. The molecule has 0 spiro atoms. The minimum Gasteiger partial charge on any atom is -0.337 e. The van der Waals surface area contributed by atoms with Crippen LogP contribution in [0.5, 0.6) is 0 Å². The van der Waals surface area contributed by atoms with Crippen molar-refractivity contribution in [2.45, 2.75) is 6.54 Å². The van der Waals surface area contributed by atoms with Crippen molar-refractivity contribution < 1.29 is 15.1 Å². The molecule has 0 saturated carbocycles. The number of hydrogen-bond donors (Lipinski definition) is 2. The topological polar surface area (TPSA) is 81.5 Å². The summed E-state index contributed by atoms with van der Waals surface area (Å²) in [4.78, 5) is 17.1. The van der Waals surface area contributed by atoms with E-state index in [1.807, 2.05) is 24.4 Å². The summed E-state index contributed by atoms with van der Waals surface area (Å²) in [7, 11) is 0. The molecule has 26 heavy (non-hydrogen) atoms. The van der Waals surface area contributed by atoms with Gasteiger partial charge in [-0.05, 0) is 28.1 Å². The monoisotopic (exact) mass is 417 g/mol. The highest BCUT2D eigenvalue weighted by atomic mass is 79.9. The second-order valence-electron chi connectivity index (χ2n) is 6.58. The van der Waals surface area contributed by atoms with Gasteiger partial charge in [0.25, 0.3) is 5.69 Å². The van der Waals surface area contributed by atoms with E-state index in [2.05, 4.69) is 25.6 Å². The molecule has 134 valence electrons. The Morgan fingerprint density at radius 3 is 2.85 bits per heavy atom. The molecular weight excluding hydrogens is 398 g/mol. The van der Waals surface area contributed by atoms with Crippen LogP contribution in [0.2, 0.25) is 0 Å². The average Bonchev–Trinajstić information content (AvgIpc) is 3.00. The summed E-state index contributed by atoms with van der Waals surface area (Å²) in [5, 5.41) is 13.5. The van der Waals surface area contributed by atoms with Gasteiger partial charge in [-0.15, -0.1) is 0 Å². The lowest BCUT2D eigenvalue weighted by molar-refractivity contribution is -0.958. The zero-order valence-electron chi connectivity index (χ0n) is 14.2. The van der Waals surface area contributed by atoms with E-state index >= 15 is 0 Å². The van der Waals surface area contributed by atoms with Gasteiger partial charge in [0.15, 0.2) is 0 Å². The molecule has 1 saturated heterocycles. The molecular formula is C18H20BrN5O2+2. The second kappa shape index (κ2) is 7.14. The normalized spacial score (nSPS) is 15.4. The van der Waals surface area contributed by atoms with Gasteiger partial charge in [-0.1, -0.05) is 12.1 Å². The highest BCUT2D eigenvalue weighted by molar-refractivity contribution is 9.10. The van der Waals surface area contributed by atoms with E-state index in [1.165, 1.54) is 11.0 Å². The largest absolute Gasteiger partial charge is 0.337 e. The molecule has 0 amide bonds. The maximum absolute atomic E-state index is 11.2. The molecule has 4 rings (SSSR count). The predicted molar refractivity (Wildman–Crippen MR) is 101 cm³/mol.